The molecule has 7 nitrogen and oxygen atoms in total. The molecule has 158 valence electrons. The highest BCUT2D eigenvalue weighted by Gasteiger charge is 2.28. The Morgan fingerprint density at radius 2 is 2.04 bits per heavy atom. The number of aliphatic imine (C=N–C) groups is 1. The fraction of sp³-hybridized carbons (Fsp3) is 0.650. The van der Waals surface area contributed by atoms with E-state index in [1.807, 2.05) is 19.1 Å². The molecule has 1 heterocycles. The van der Waals surface area contributed by atoms with Gasteiger partial charge in [-0.3, -0.25) is 0 Å². The summed E-state index contributed by atoms with van der Waals surface area (Å²) in [5, 5.41) is 6.47. The second-order valence-corrected chi connectivity index (χ2v) is 9.16. The molecule has 1 aliphatic rings. The lowest BCUT2D eigenvalue weighted by molar-refractivity contribution is 0.195. The summed E-state index contributed by atoms with van der Waals surface area (Å²) in [5.41, 5.74) is 0.972. The van der Waals surface area contributed by atoms with Gasteiger partial charge in [0.1, 0.15) is 0 Å². The van der Waals surface area contributed by atoms with E-state index in [0.29, 0.717) is 37.1 Å². The van der Waals surface area contributed by atoms with Crippen LogP contribution in [0.2, 0.25) is 0 Å². The molecule has 8 heteroatoms. The van der Waals surface area contributed by atoms with Crippen LogP contribution in [-0.4, -0.2) is 58.6 Å². The van der Waals surface area contributed by atoms with Gasteiger partial charge < -0.3 is 15.4 Å². The predicted molar refractivity (Wildman–Crippen MR) is 113 cm³/mol. The topological polar surface area (TPSA) is 83.0 Å². The van der Waals surface area contributed by atoms with Crippen molar-refractivity contribution in [2.45, 2.75) is 44.6 Å². The van der Waals surface area contributed by atoms with E-state index in [-0.39, 0.29) is 0 Å². The predicted octanol–water partition coefficient (Wildman–Crippen LogP) is 2.20. The normalized spacial score (nSPS) is 18.8. The number of benzene rings is 1. The van der Waals surface area contributed by atoms with Gasteiger partial charge in [-0.25, -0.2) is 13.4 Å². The van der Waals surface area contributed by atoms with Crippen molar-refractivity contribution in [3.8, 4) is 0 Å². The van der Waals surface area contributed by atoms with E-state index >= 15 is 0 Å². The summed E-state index contributed by atoms with van der Waals surface area (Å²) in [7, 11) is -1.72. The lowest BCUT2D eigenvalue weighted by Crippen LogP contribution is -2.39. The summed E-state index contributed by atoms with van der Waals surface area (Å²) >= 11 is 0. The van der Waals surface area contributed by atoms with Crippen LogP contribution in [0.25, 0.3) is 0 Å². The zero-order valence-electron chi connectivity index (χ0n) is 17.3. The first-order chi connectivity index (χ1) is 13.5. The molecule has 28 heavy (non-hydrogen) atoms. The lowest BCUT2D eigenvalue weighted by atomic mass is 10.0. The molecule has 0 saturated carbocycles. The Labute approximate surface area is 169 Å². The maximum Gasteiger partial charge on any atom is 0.243 e. The minimum atomic E-state index is -3.41. The van der Waals surface area contributed by atoms with E-state index in [1.54, 1.807) is 23.5 Å². The van der Waals surface area contributed by atoms with Crippen LogP contribution < -0.4 is 10.6 Å². The molecular formula is C20H34N4O3S. The molecule has 1 atom stereocenters. The van der Waals surface area contributed by atoms with Crippen molar-refractivity contribution in [2.24, 2.45) is 10.9 Å². The molecule has 0 spiro atoms. The Morgan fingerprint density at radius 3 is 2.68 bits per heavy atom. The highest BCUT2D eigenvalue weighted by molar-refractivity contribution is 7.89. The number of piperidine rings is 1. The van der Waals surface area contributed by atoms with Gasteiger partial charge in [-0.2, -0.15) is 4.31 Å². The van der Waals surface area contributed by atoms with Gasteiger partial charge in [-0.15, -0.1) is 0 Å². The summed E-state index contributed by atoms with van der Waals surface area (Å²) in [4.78, 5) is 4.93. The third-order valence-electron chi connectivity index (χ3n) is 4.76. The first kappa shape index (κ1) is 22.6. The van der Waals surface area contributed by atoms with E-state index in [4.69, 9.17) is 4.74 Å². The Kier molecular flexibility index (Phi) is 9.21. The number of methoxy groups -OCH3 is 1. The summed E-state index contributed by atoms with van der Waals surface area (Å²) in [5.74, 6) is 1.16. The standard InChI is InChI=1S/C20H34N4O3S/c1-4-21-20(22-12-6-14-27-3)23-15-18-8-10-19(11-9-18)28(25,26)24-13-5-7-17(2)16-24/h8-11,17H,4-7,12-16H2,1-3H3,(H2,21,22,23). The maximum atomic E-state index is 12.8. The maximum absolute atomic E-state index is 12.8. The van der Waals surface area contributed by atoms with Gasteiger partial charge in [0.25, 0.3) is 0 Å². The van der Waals surface area contributed by atoms with Gasteiger partial charge in [-0.1, -0.05) is 19.1 Å². The molecular weight excluding hydrogens is 376 g/mol. The fourth-order valence-electron chi connectivity index (χ4n) is 3.22. The van der Waals surface area contributed by atoms with E-state index in [1.165, 1.54) is 0 Å². The molecule has 2 rings (SSSR count). The molecule has 0 bridgehead atoms. The third kappa shape index (κ3) is 6.76. The molecule has 1 saturated heterocycles. The SMILES string of the molecule is CCNC(=NCc1ccc(S(=O)(=O)N2CCCC(C)C2)cc1)NCCCOC. The van der Waals surface area contributed by atoms with Crippen molar-refractivity contribution in [2.75, 3.05) is 39.9 Å². The largest absolute Gasteiger partial charge is 0.385 e. The van der Waals surface area contributed by atoms with Crippen LogP contribution in [0, 0.1) is 5.92 Å². The van der Waals surface area contributed by atoms with E-state index in [0.717, 1.165) is 43.9 Å². The van der Waals surface area contributed by atoms with E-state index < -0.39 is 10.0 Å². The monoisotopic (exact) mass is 410 g/mol. The summed E-state index contributed by atoms with van der Waals surface area (Å²) < 4.78 is 32.3. The number of nitrogens with zero attached hydrogens (tertiary/aromatic N) is 2. The van der Waals surface area contributed by atoms with E-state index in [9.17, 15) is 8.42 Å². The smallest absolute Gasteiger partial charge is 0.243 e. The number of nitrogens with one attached hydrogen (secondary N) is 2. The Morgan fingerprint density at radius 1 is 1.29 bits per heavy atom. The van der Waals surface area contributed by atoms with Crippen LogP contribution in [0.1, 0.15) is 38.7 Å². The quantitative estimate of drug-likeness (QED) is 0.370. The van der Waals surface area contributed by atoms with Crippen LogP contribution in [-0.2, 0) is 21.3 Å². The Hall–Kier alpha value is -1.64. The summed E-state index contributed by atoms with van der Waals surface area (Å²) in [6, 6.07) is 7.08. The van der Waals surface area contributed by atoms with Gasteiger partial charge in [0.05, 0.1) is 11.4 Å². The number of guanidine groups is 1. The Bertz CT molecular complexity index is 719. The van der Waals surface area contributed by atoms with Crippen LogP contribution in [0.15, 0.2) is 34.2 Å². The van der Waals surface area contributed by atoms with Crippen molar-refractivity contribution in [1.29, 1.82) is 0 Å². The third-order valence-corrected chi connectivity index (χ3v) is 6.64. The lowest BCUT2D eigenvalue weighted by Gasteiger charge is -2.30. The minimum Gasteiger partial charge on any atom is -0.385 e. The molecule has 1 aliphatic heterocycles. The molecule has 0 aromatic heterocycles. The van der Waals surface area contributed by atoms with Crippen LogP contribution in [0.4, 0.5) is 0 Å². The molecule has 2 N–H and O–H groups in total. The van der Waals surface area contributed by atoms with Crippen LogP contribution in [0.3, 0.4) is 0 Å². The molecule has 0 radical (unpaired) electrons. The van der Waals surface area contributed by atoms with Crippen molar-refractivity contribution in [3.05, 3.63) is 29.8 Å². The minimum absolute atomic E-state index is 0.360. The van der Waals surface area contributed by atoms with Crippen molar-refractivity contribution in [1.82, 2.24) is 14.9 Å². The molecule has 0 aliphatic carbocycles. The highest BCUT2D eigenvalue weighted by Crippen LogP contribution is 2.23. The van der Waals surface area contributed by atoms with E-state index in [2.05, 4.69) is 22.5 Å². The van der Waals surface area contributed by atoms with Crippen molar-refractivity contribution in [3.63, 3.8) is 0 Å². The summed E-state index contributed by atoms with van der Waals surface area (Å²) in [6.45, 7) is 8.10. The average Bonchev–Trinajstić information content (AvgIpc) is 2.69. The summed E-state index contributed by atoms with van der Waals surface area (Å²) in [6.07, 6.45) is 2.93. The number of sulfonamides is 1. The molecule has 0 amide bonds. The first-order valence-corrected chi connectivity index (χ1v) is 11.5. The van der Waals surface area contributed by atoms with Gasteiger partial charge in [0.15, 0.2) is 5.96 Å². The number of hydrogen-bond donors (Lipinski definition) is 2. The second kappa shape index (κ2) is 11.4. The molecule has 1 unspecified atom stereocenters. The first-order valence-electron chi connectivity index (χ1n) is 10.1. The van der Waals surface area contributed by atoms with Gasteiger partial charge >= 0.3 is 0 Å². The molecule has 1 fully saturated rings. The van der Waals surface area contributed by atoms with Crippen molar-refractivity contribution >= 4 is 16.0 Å². The van der Waals surface area contributed by atoms with Crippen LogP contribution in [0.5, 0.6) is 0 Å². The Balaban J connectivity index is 1.98. The van der Waals surface area contributed by atoms with Crippen molar-refractivity contribution < 1.29 is 13.2 Å². The van der Waals surface area contributed by atoms with Gasteiger partial charge in [-0.05, 0) is 49.8 Å². The number of hydrogen-bond acceptors (Lipinski definition) is 4. The number of rotatable bonds is 9. The van der Waals surface area contributed by atoms with Crippen LogP contribution >= 0.6 is 0 Å². The zero-order valence-corrected chi connectivity index (χ0v) is 18.1. The zero-order chi connectivity index (χ0) is 20.4. The van der Waals surface area contributed by atoms with Gasteiger partial charge in [0, 0.05) is 39.9 Å². The molecule has 1 aromatic rings. The second-order valence-electron chi connectivity index (χ2n) is 7.22. The number of ether oxygens (including phenoxy) is 1. The fourth-order valence-corrected chi connectivity index (χ4v) is 4.81. The highest BCUT2D eigenvalue weighted by atomic mass is 32.2. The molecule has 1 aromatic carbocycles. The van der Waals surface area contributed by atoms with Gasteiger partial charge in [0.2, 0.25) is 10.0 Å². The average molecular weight is 411 g/mol.